The molecule has 1 aromatic heterocycles. The van der Waals surface area contributed by atoms with Crippen LogP contribution in [-0.4, -0.2) is 35.0 Å². The first kappa shape index (κ1) is 20.4. The van der Waals surface area contributed by atoms with Gasteiger partial charge in [-0.2, -0.15) is 5.10 Å². The summed E-state index contributed by atoms with van der Waals surface area (Å²) in [6.45, 7) is 3.43. The van der Waals surface area contributed by atoms with Crippen LogP contribution in [0.1, 0.15) is 39.9 Å². The minimum atomic E-state index is -0.0972. The van der Waals surface area contributed by atoms with Crippen LogP contribution in [0.3, 0.4) is 0 Å². The highest BCUT2D eigenvalue weighted by Crippen LogP contribution is 2.16. The Bertz CT molecular complexity index is 1190. The third-order valence-corrected chi connectivity index (χ3v) is 5.13. The van der Waals surface area contributed by atoms with Gasteiger partial charge in [0.25, 0.3) is 5.91 Å². The predicted molar refractivity (Wildman–Crippen MR) is 124 cm³/mol. The highest BCUT2D eigenvalue weighted by Gasteiger charge is 2.10. The minimum Gasteiger partial charge on any atom is -0.352 e. The van der Waals surface area contributed by atoms with E-state index in [4.69, 9.17) is 0 Å². The number of carbonyl (C=O) groups is 1. The first-order valence-electron chi connectivity index (χ1n) is 10.4. The van der Waals surface area contributed by atoms with Crippen LogP contribution >= 0.6 is 0 Å². The second kappa shape index (κ2) is 9.73. The molecule has 0 saturated carbocycles. The van der Waals surface area contributed by atoms with E-state index in [1.165, 1.54) is 5.57 Å². The average Bonchev–Trinajstić information content (AvgIpc) is 3.50. The molecule has 31 heavy (non-hydrogen) atoms. The van der Waals surface area contributed by atoms with E-state index >= 15 is 0 Å². The van der Waals surface area contributed by atoms with Gasteiger partial charge in [-0.25, -0.2) is 4.68 Å². The number of aryl methyl sites for hydroxylation is 1. The van der Waals surface area contributed by atoms with Crippen LogP contribution in [0.15, 0.2) is 77.6 Å². The van der Waals surface area contributed by atoms with Crippen LogP contribution in [-0.2, 0) is 0 Å². The van der Waals surface area contributed by atoms with Crippen LogP contribution < -0.4 is 5.32 Å². The molecule has 0 atom stereocenters. The number of aliphatic imine (C=N–C) groups is 1. The summed E-state index contributed by atoms with van der Waals surface area (Å²) in [6, 6.07) is 15.4. The SMILES string of the molecule is Cc1ccccc1C#Cc1cc(C(=O)NCCCC2=CCN=C2)ccc1-n1cccn1. The molecule has 1 amide bonds. The van der Waals surface area contributed by atoms with Crippen molar-refractivity contribution in [2.45, 2.75) is 19.8 Å². The summed E-state index contributed by atoms with van der Waals surface area (Å²) in [6.07, 6.45) is 9.44. The molecule has 1 aliphatic heterocycles. The predicted octanol–water partition coefficient (Wildman–Crippen LogP) is 4.10. The zero-order chi connectivity index (χ0) is 21.5. The fraction of sp³-hybridized carbons (Fsp3) is 0.192. The number of amides is 1. The number of benzene rings is 2. The summed E-state index contributed by atoms with van der Waals surface area (Å²) >= 11 is 0. The molecule has 4 rings (SSSR count). The summed E-state index contributed by atoms with van der Waals surface area (Å²) in [4.78, 5) is 16.9. The molecule has 0 aliphatic carbocycles. The average molecular weight is 409 g/mol. The molecule has 5 nitrogen and oxygen atoms in total. The first-order chi connectivity index (χ1) is 15.2. The third-order valence-electron chi connectivity index (χ3n) is 5.13. The maximum absolute atomic E-state index is 12.7. The van der Waals surface area contributed by atoms with Gasteiger partial charge in [-0.05, 0) is 61.2 Å². The number of nitrogens with zero attached hydrogens (tertiary/aromatic N) is 3. The van der Waals surface area contributed by atoms with Crippen LogP contribution in [0.25, 0.3) is 5.69 Å². The molecular formula is C26H24N4O. The largest absolute Gasteiger partial charge is 0.352 e. The van der Waals surface area contributed by atoms with Gasteiger partial charge in [0.1, 0.15) is 0 Å². The Morgan fingerprint density at radius 2 is 2.00 bits per heavy atom. The Labute approximate surface area is 182 Å². The van der Waals surface area contributed by atoms with Gasteiger partial charge in [-0.15, -0.1) is 0 Å². The molecule has 154 valence electrons. The molecule has 1 N–H and O–H groups in total. The molecule has 3 aromatic rings. The van der Waals surface area contributed by atoms with Crippen LogP contribution in [0.5, 0.6) is 0 Å². The van der Waals surface area contributed by atoms with E-state index in [1.54, 1.807) is 10.9 Å². The Morgan fingerprint density at radius 1 is 1.13 bits per heavy atom. The van der Waals surface area contributed by atoms with Gasteiger partial charge in [0.05, 0.1) is 17.8 Å². The zero-order valence-electron chi connectivity index (χ0n) is 17.5. The summed E-state index contributed by atoms with van der Waals surface area (Å²) in [7, 11) is 0. The molecule has 0 unspecified atom stereocenters. The number of rotatable bonds is 6. The van der Waals surface area contributed by atoms with E-state index in [0.29, 0.717) is 12.1 Å². The van der Waals surface area contributed by atoms with E-state index in [-0.39, 0.29) is 5.91 Å². The normalized spacial score (nSPS) is 12.2. The Balaban J connectivity index is 1.53. The second-order valence-corrected chi connectivity index (χ2v) is 7.38. The molecule has 0 fully saturated rings. The fourth-order valence-corrected chi connectivity index (χ4v) is 3.39. The molecule has 0 saturated heterocycles. The third kappa shape index (κ3) is 5.18. The summed E-state index contributed by atoms with van der Waals surface area (Å²) < 4.78 is 1.76. The van der Waals surface area contributed by atoms with E-state index in [1.807, 2.05) is 67.9 Å². The van der Waals surface area contributed by atoms with Gasteiger partial charge in [-0.3, -0.25) is 9.79 Å². The van der Waals surface area contributed by atoms with E-state index < -0.39 is 0 Å². The molecule has 0 radical (unpaired) electrons. The van der Waals surface area contributed by atoms with Gasteiger partial charge in [0, 0.05) is 36.3 Å². The molecule has 0 bridgehead atoms. The number of hydrogen-bond acceptors (Lipinski definition) is 3. The lowest BCUT2D eigenvalue weighted by Gasteiger charge is -2.09. The van der Waals surface area contributed by atoms with E-state index in [9.17, 15) is 4.79 Å². The smallest absolute Gasteiger partial charge is 0.251 e. The van der Waals surface area contributed by atoms with Crippen molar-refractivity contribution in [3.05, 3.63) is 94.8 Å². The van der Waals surface area contributed by atoms with Crippen molar-refractivity contribution >= 4 is 12.1 Å². The topological polar surface area (TPSA) is 59.3 Å². The van der Waals surface area contributed by atoms with E-state index in [0.717, 1.165) is 41.8 Å². The first-order valence-corrected chi connectivity index (χ1v) is 10.4. The van der Waals surface area contributed by atoms with Gasteiger partial charge < -0.3 is 5.32 Å². The van der Waals surface area contributed by atoms with Crippen LogP contribution in [0, 0.1) is 18.8 Å². The lowest BCUT2D eigenvalue weighted by molar-refractivity contribution is 0.0953. The zero-order valence-corrected chi connectivity index (χ0v) is 17.5. The van der Waals surface area contributed by atoms with Gasteiger partial charge in [0.2, 0.25) is 0 Å². The molecule has 2 aromatic carbocycles. The number of nitrogens with one attached hydrogen (secondary N) is 1. The maximum Gasteiger partial charge on any atom is 0.251 e. The quantitative estimate of drug-likeness (QED) is 0.493. The number of allylic oxidation sites excluding steroid dienone is 1. The van der Waals surface area contributed by atoms with Crippen molar-refractivity contribution < 1.29 is 4.79 Å². The van der Waals surface area contributed by atoms with Crippen molar-refractivity contribution in [1.82, 2.24) is 15.1 Å². The Kier molecular flexibility index (Phi) is 6.39. The molecular weight excluding hydrogens is 384 g/mol. The van der Waals surface area contributed by atoms with Crippen molar-refractivity contribution in [1.29, 1.82) is 0 Å². The number of aromatic nitrogens is 2. The summed E-state index contributed by atoms with van der Waals surface area (Å²) in [5.41, 5.74) is 5.51. The number of hydrogen-bond donors (Lipinski definition) is 1. The Morgan fingerprint density at radius 3 is 2.77 bits per heavy atom. The molecule has 5 heteroatoms. The van der Waals surface area contributed by atoms with Crippen molar-refractivity contribution in [3.63, 3.8) is 0 Å². The van der Waals surface area contributed by atoms with Crippen LogP contribution in [0.4, 0.5) is 0 Å². The maximum atomic E-state index is 12.7. The molecule has 2 heterocycles. The Hall–Kier alpha value is -3.91. The van der Waals surface area contributed by atoms with Gasteiger partial charge in [-0.1, -0.05) is 36.1 Å². The lowest BCUT2D eigenvalue weighted by atomic mass is 10.1. The number of carbonyl (C=O) groups excluding carboxylic acids is 1. The highest BCUT2D eigenvalue weighted by molar-refractivity contribution is 5.95. The van der Waals surface area contributed by atoms with Crippen molar-refractivity contribution in [2.75, 3.05) is 13.1 Å². The van der Waals surface area contributed by atoms with Crippen molar-refractivity contribution in [2.24, 2.45) is 4.99 Å². The van der Waals surface area contributed by atoms with Gasteiger partial charge >= 0.3 is 0 Å². The summed E-state index contributed by atoms with van der Waals surface area (Å²) in [5, 5.41) is 7.33. The second-order valence-electron chi connectivity index (χ2n) is 7.38. The standard InChI is InChI=1S/C26H24N4O/c1-20-6-2-3-8-22(20)9-10-23-18-24(11-12-25(23)30-17-5-15-29-30)26(31)28-14-4-7-21-13-16-27-19-21/h2-3,5-6,8,11-13,15,17-19H,4,7,14,16H2,1H3,(H,28,31). The van der Waals surface area contributed by atoms with Crippen molar-refractivity contribution in [3.8, 4) is 17.5 Å². The minimum absolute atomic E-state index is 0.0972. The monoisotopic (exact) mass is 408 g/mol. The summed E-state index contributed by atoms with van der Waals surface area (Å²) in [5.74, 6) is 6.39. The fourth-order valence-electron chi connectivity index (χ4n) is 3.39. The molecule has 0 spiro atoms. The molecule has 1 aliphatic rings. The lowest BCUT2D eigenvalue weighted by Crippen LogP contribution is -2.24. The van der Waals surface area contributed by atoms with Gasteiger partial charge in [0.15, 0.2) is 0 Å². The highest BCUT2D eigenvalue weighted by atomic mass is 16.1. The van der Waals surface area contributed by atoms with Crippen LogP contribution in [0.2, 0.25) is 0 Å². The van der Waals surface area contributed by atoms with E-state index in [2.05, 4.69) is 33.3 Å².